The van der Waals surface area contributed by atoms with Gasteiger partial charge in [-0.3, -0.25) is 9.59 Å². The zero-order chi connectivity index (χ0) is 24.1. The van der Waals surface area contributed by atoms with Gasteiger partial charge in [0, 0.05) is 11.1 Å². The monoisotopic (exact) mass is 466 g/mol. The fourth-order valence-corrected chi connectivity index (χ4v) is 3.99. The number of rotatable bonds is 21. The highest BCUT2D eigenvalue weighted by molar-refractivity contribution is 5.75. The second kappa shape index (κ2) is 18.8. The number of carbonyl (C=O) groups excluding carboxylic acids is 2. The van der Waals surface area contributed by atoms with Crippen LogP contribution >= 0.6 is 0 Å². The van der Waals surface area contributed by atoms with E-state index in [4.69, 9.17) is 9.47 Å². The Hall–Kier alpha value is -2.62. The Kier molecular flexibility index (Phi) is 15.2. The summed E-state index contributed by atoms with van der Waals surface area (Å²) in [4.78, 5) is 21.3. The fourth-order valence-electron chi connectivity index (χ4n) is 3.99. The third-order valence-electron chi connectivity index (χ3n) is 6.11. The van der Waals surface area contributed by atoms with Crippen LogP contribution < -0.4 is 9.47 Å². The Morgan fingerprint density at radius 2 is 0.676 bits per heavy atom. The first-order valence-corrected chi connectivity index (χ1v) is 13.2. The third-order valence-corrected chi connectivity index (χ3v) is 6.11. The van der Waals surface area contributed by atoms with Crippen molar-refractivity contribution in [3.8, 4) is 11.5 Å². The van der Waals surface area contributed by atoms with Gasteiger partial charge in [0.05, 0.1) is 13.2 Å². The van der Waals surface area contributed by atoms with E-state index in [2.05, 4.69) is 0 Å². The van der Waals surface area contributed by atoms with Crippen molar-refractivity contribution in [2.24, 2.45) is 0 Å². The van der Waals surface area contributed by atoms with Gasteiger partial charge in [-0.15, -0.1) is 0 Å². The zero-order valence-electron chi connectivity index (χ0n) is 20.7. The molecular weight excluding hydrogens is 424 g/mol. The predicted molar refractivity (Wildman–Crippen MR) is 139 cm³/mol. The summed E-state index contributed by atoms with van der Waals surface area (Å²) in [6, 6.07) is 14.6. The molecule has 4 nitrogen and oxygen atoms in total. The first-order valence-electron chi connectivity index (χ1n) is 13.2. The highest BCUT2D eigenvalue weighted by Crippen LogP contribution is 2.15. The quantitative estimate of drug-likeness (QED) is 0.137. The molecule has 186 valence electrons. The Morgan fingerprint density at radius 1 is 0.412 bits per heavy atom. The van der Waals surface area contributed by atoms with Crippen LogP contribution in [0.15, 0.2) is 48.5 Å². The SMILES string of the molecule is O=Cc1ccc(OCCCCCCCCCCCCCCCCOc2ccc(C=O)cc2)cc1. The van der Waals surface area contributed by atoms with Gasteiger partial charge in [-0.1, -0.05) is 77.0 Å². The van der Waals surface area contributed by atoms with Crippen LogP contribution in [0.2, 0.25) is 0 Å². The molecule has 34 heavy (non-hydrogen) atoms. The molecule has 2 rings (SSSR count). The molecule has 0 bridgehead atoms. The molecule has 0 unspecified atom stereocenters. The van der Waals surface area contributed by atoms with Crippen molar-refractivity contribution in [1.29, 1.82) is 0 Å². The minimum absolute atomic E-state index is 0.686. The average molecular weight is 467 g/mol. The number of hydrogen-bond donors (Lipinski definition) is 0. The number of carbonyl (C=O) groups is 2. The Balaban J connectivity index is 1.26. The summed E-state index contributed by atoms with van der Waals surface area (Å²) in [7, 11) is 0. The summed E-state index contributed by atoms with van der Waals surface area (Å²) in [6.07, 6.45) is 19.8. The lowest BCUT2D eigenvalue weighted by molar-refractivity contribution is 0.111. The Labute approximate surface area is 206 Å². The van der Waals surface area contributed by atoms with Crippen LogP contribution in [0.1, 0.15) is 111 Å². The first kappa shape index (κ1) is 27.6. The van der Waals surface area contributed by atoms with Crippen LogP contribution in [0.3, 0.4) is 0 Å². The summed E-state index contributed by atoms with van der Waals surface area (Å²) in [5.41, 5.74) is 1.37. The highest BCUT2D eigenvalue weighted by Gasteiger charge is 1.98. The minimum Gasteiger partial charge on any atom is -0.494 e. The molecule has 0 aliphatic carbocycles. The van der Waals surface area contributed by atoms with E-state index >= 15 is 0 Å². The first-order chi connectivity index (χ1) is 16.8. The molecule has 0 saturated carbocycles. The maximum atomic E-state index is 10.6. The van der Waals surface area contributed by atoms with Gasteiger partial charge in [-0.25, -0.2) is 0 Å². The van der Waals surface area contributed by atoms with Gasteiger partial charge in [-0.2, -0.15) is 0 Å². The molecule has 0 aromatic heterocycles. The van der Waals surface area contributed by atoms with Crippen LogP contribution in [-0.2, 0) is 0 Å². The second-order valence-corrected chi connectivity index (χ2v) is 9.02. The van der Waals surface area contributed by atoms with Crippen molar-refractivity contribution in [1.82, 2.24) is 0 Å². The van der Waals surface area contributed by atoms with Crippen LogP contribution in [-0.4, -0.2) is 25.8 Å². The van der Waals surface area contributed by atoms with Gasteiger partial charge in [0.1, 0.15) is 24.1 Å². The fraction of sp³-hybridized carbons (Fsp3) is 0.533. The van der Waals surface area contributed by atoms with Crippen LogP contribution in [0.5, 0.6) is 11.5 Å². The predicted octanol–water partition coefficient (Wildman–Crippen LogP) is 8.23. The molecule has 2 aromatic carbocycles. The molecular formula is C30H42O4. The van der Waals surface area contributed by atoms with Crippen molar-refractivity contribution < 1.29 is 19.1 Å². The molecule has 0 atom stereocenters. The van der Waals surface area contributed by atoms with Gasteiger partial charge in [0.15, 0.2) is 0 Å². The number of unbranched alkanes of at least 4 members (excludes halogenated alkanes) is 13. The van der Waals surface area contributed by atoms with E-state index in [1.807, 2.05) is 24.3 Å². The molecule has 0 amide bonds. The molecule has 0 heterocycles. The smallest absolute Gasteiger partial charge is 0.150 e. The van der Waals surface area contributed by atoms with E-state index in [-0.39, 0.29) is 0 Å². The maximum Gasteiger partial charge on any atom is 0.150 e. The summed E-state index contributed by atoms with van der Waals surface area (Å²) in [5, 5.41) is 0. The van der Waals surface area contributed by atoms with E-state index in [0.717, 1.165) is 50.1 Å². The number of benzene rings is 2. The Morgan fingerprint density at radius 3 is 0.941 bits per heavy atom. The molecule has 0 aliphatic rings. The number of hydrogen-bond acceptors (Lipinski definition) is 4. The van der Waals surface area contributed by atoms with Gasteiger partial charge in [-0.05, 0) is 61.4 Å². The Bertz CT molecular complexity index is 700. The normalized spacial score (nSPS) is 10.7. The van der Waals surface area contributed by atoms with Gasteiger partial charge in [0.2, 0.25) is 0 Å². The van der Waals surface area contributed by atoms with Crippen molar-refractivity contribution in [3.63, 3.8) is 0 Å². The lowest BCUT2D eigenvalue weighted by Gasteiger charge is -2.07. The molecule has 0 radical (unpaired) electrons. The van der Waals surface area contributed by atoms with Crippen LogP contribution in [0.25, 0.3) is 0 Å². The van der Waals surface area contributed by atoms with Crippen LogP contribution in [0, 0.1) is 0 Å². The summed E-state index contributed by atoms with van der Waals surface area (Å²) >= 11 is 0. The molecule has 4 heteroatoms. The number of ether oxygens (including phenoxy) is 2. The largest absolute Gasteiger partial charge is 0.494 e. The van der Waals surface area contributed by atoms with Gasteiger partial charge in [0.25, 0.3) is 0 Å². The molecule has 0 aliphatic heterocycles. The minimum atomic E-state index is 0.686. The topological polar surface area (TPSA) is 52.6 Å². The third kappa shape index (κ3) is 13.2. The summed E-state index contributed by atoms with van der Waals surface area (Å²) in [5.74, 6) is 1.69. The van der Waals surface area contributed by atoms with E-state index in [1.165, 1.54) is 77.0 Å². The molecule has 0 N–H and O–H groups in total. The van der Waals surface area contributed by atoms with E-state index in [0.29, 0.717) is 11.1 Å². The molecule has 0 fully saturated rings. The van der Waals surface area contributed by atoms with Crippen molar-refractivity contribution in [2.75, 3.05) is 13.2 Å². The van der Waals surface area contributed by atoms with Crippen LogP contribution in [0.4, 0.5) is 0 Å². The highest BCUT2D eigenvalue weighted by atomic mass is 16.5. The second-order valence-electron chi connectivity index (χ2n) is 9.02. The van der Waals surface area contributed by atoms with Gasteiger partial charge >= 0.3 is 0 Å². The molecule has 0 spiro atoms. The average Bonchev–Trinajstić information content (AvgIpc) is 2.88. The lowest BCUT2D eigenvalue weighted by atomic mass is 10.0. The van der Waals surface area contributed by atoms with Gasteiger partial charge < -0.3 is 9.47 Å². The molecule has 2 aromatic rings. The van der Waals surface area contributed by atoms with E-state index < -0.39 is 0 Å². The van der Waals surface area contributed by atoms with Crippen molar-refractivity contribution >= 4 is 12.6 Å². The van der Waals surface area contributed by atoms with E-state index in [9.17, 15) is 9.59 Å². The van der Waals surface area contributed by atoms with E-state index in [1.54, 1.807) is 24.3 Å². The summed E-state index contributed by atoms with van der Waals surface area (Å²) in [6.45, 7) is 1.51. The molecule has 0 saturated heterocycles. The summed E-state index contributed by atoms with van der Waals surface area (Å²) < 4.78 is 11.4. The maximum absolute atomic E-state index is 10.6. The zero-order valence-corrected chi connectivity index (χ0v) is 20.7. The lowest BCUT2D eigenvalue weighted by Crippen LogP contribution is -1.97. The van der Waals surface area contributed by atoms with Crippen molar-refractivity contribution in [2.45, 2.75) is 89.9 Å². The van der Waals surface area contributed by atoms with Crippen molar-refractivity contribution in [3.05, 3.63) is 59.7 Å². The standard InChI is InChI=1S/C30H42O4/c31-25-27-15-19-29(20-16-27)33-23-13-11-9-7-5-3-1-2-4-6-8-10-12-14-24-34-30-21-17-28(26-32)18-22-30/h15-22,25-26H,1-14,23-24H2. The number of aldehydes is 2.